The molecule has 0 unspecified atom stereocenters. The van der Waals surface area contributed by atoms with Gasteiger partial charge < -0.3 is 14.5 Å². The van der Waals surface area contributed by atoms with Crippen molar-refractivity contribution in [3.8, 4) is 5.75 Å². The lowest BCUT2D eigenvalue weighted by Gasteiger charge is -2.33. The van der Waals surface area contributed by atoms with E-state index in [1.165, 1.54) is 0 Å². The van der Waals surface area contributed by atoms with E-state index in [-0.39, 0.29) is 12.5 Å². The van der Waals surface area contributed by atoms with Gasteiger partial charge in [-0.1, -0.05) is 22.9 Å². The van der Waals surface area contributed by atoms with Crippen molar-refractivity contribution in [2.24, 2.45) is 0 Å². The molecule has 1 amide bonds. The van der Waals surface area contributed by atoms with Crippen molar-refractivity contribution in [1.82, 2.24) is 9.80 Å². The standard InChI is InChI=1S/C14H19BrN2O2/c1-2-16-7-9-17(10-8-16)14(18)11-19-13-5-3-12(15)4-6-13/h3-6H,2,7-11H2,1H3. The van der Waals surface area contributed by atoms with Gasteiger partial charge in [0.05, 0.1) is 0 Å². The van der Waals surface area contributed by atoms with E-state index in [2.05, 4.69) is 27.8 Å². The van der Waals surface area contributed by atoms with Crippen molar-refractivity contribution in [2.45, 2.75) is 6.92 Å². The molecule has 0 atom stereocenters. The van der Waals surface area contributed by atoms with E-state index >= 15 is 0 Å². The zero-order valence-electron chi connectivity index (χ0n) is 11.1. The van der Waals surface area contributed by atoms with Crippen LogP contribution in [0.15, 0.2) is 28.7 Å². The Morgan fingerprint density at radius 1 is 1.21 bits per heavy atom. The zero-order valence-corrected chi connectivity index (χ0v) is 12.7. The summed E-state index contributed by atoms with van der Waals surface area (Å²) in [4.78, 5) is 16.2. The number of likely N-dealkylation sites (N-methyl/N-ethyl adjacent to an activating group) is 1. The van der Waals surface area contributed by atoms with E-state index in [4.69, 9.17) is 4.74 Å². The van der Waals surface area contributed by atoms with Crippen LogP contribution in [0.1, 0.15) is 6.92 Å². The van der Waals surface area contributed by atoms with E-state index in [0.717, 1.165) is 42.9 Å². The van der Waals surface area contributed by atoms with Crippen LogP contribution in [0.2, 0.25) is 0 Å². The van der Waals surface area contributed by atoms with Crippen LogP contribution in [-0.2, 0) is 4.79 Å². The highest BCUT2D eigenvalue weighted by molar-refractivity contribution is 9.10. The summed E-state index contributed by atoms with van der Waals surface area (Å²) in [6.45, 7) is 6.84. The fraction of sp³-hybridized carbons (Fsp3) is 0.500. The second kappa shape index (κ2) is 6.91. The first-order valence-electron chi connectivity index (χ1n) is 6.57. The summed E-state index contributed by atoms with van der Waals surface area (Å²) < 4.78 is 6.51. The topological polar surface area (TPSA) is 32.8 Å². The molecule has 0 aliphatic carbocycles. The summed E-state index contributed by atoms with van der Waals surface area (Å²) >= 11 is 3.37. The molecule has 0 spiro atoms. The average Bonchev–Trinajstić information content (AvgIpc) is 2.46. The van der Waals surface area contributed by atoms with Crippen LogP contribution in [0.3, 0.4) is 0 Å². The van der Waals surface area contributed by atoms with E-state index in [9.17, 15) is 4.79 Å². The minimum atomic E-state index is 0.0682. The van der Waals surface area contributed by atoms with Crippen LogP contribution in [0.25, 0.3) is 0 Å². The Morgan fingerprint density at radius 3 is 2.42 bits per heavy atom. The summed E-state index contributed by atoms with van der Waals surface area (Å²) in [6.07, 6.45) is 0. The Kier molecular flexibility index (Phi) is 5.22. The molecule has 1 aliphatic rings. The van der Waals surface area contributed by atoms with Gasteiger partial charge in [-0.15, -0.1) is 0 Å². The maximum atomic E-state index is 12.0. The minimum Gasteiger partial charge on any atom is -0.484 e. The molecule has 1 heterocycles. The quantitative estimate of drug-likeness (QED) is 0.848. The number of benzene rings is 1. The van der Waals surface area contributed by atoms with Crippen LogP contribution >= 0.6 is 15.9 Å². The summed E-state index contributed by atoms with van der Waals surface area (Å²) in [7, 11) is 0. The van der Waals surface area contributed by atoms with Crippen molar-refractivity contribution in [3.05, 3.63) is 28.7 Å². The molecule has 0 radical (unpaired) electrons. The van der Waals surface area contributed by atoms with Crippen molar-refractivity contribution in [3.63, 3.8) is 0 Å². The normalized spacial score (nSPS) is 16.4. The molecule has 1 aliphatic heterocycles. The Hall–Kier alpha value is -1.07. The van der Waals surface area contributed by atoms with Gasteiger partial charge in [0.2, 0.25) is 0 Å². The molecule has 5 heteroatoms. The first kappa shape index (κ1) is 14.3. The molecule has 1 fully saturated rings. The number of nitrogens with zero attached hydrogens (tertiary/aromatic N) is 2. The number of hydrogen-bond acceptors (Lipinski definition) is 3. The van der Waals surface area contributed by atoms with E-state index in [0.29, 0.717) is 0 Å². The fourth-order valence-corrected chi connectivity index (χ4v) is 2.35. The van der Waals surface area contributed by atoms with Gasteiger partial charge in [0, 0.05) is 30.7 Å². The third-order valence-corrected chi connectivity index (χ3v) is 3.88. The predicted octanol–water partition coefficient (Wildman–Crippen LogP) is 1.99. The van der Waals surface area contributed by atoms with Crippen LogP contribution in [0.4, 0.5) is 0 Å². The fourth-order valence-electron chi connectivity index (χ4n) is 2.08. The van der Waals surface area contributed by atoms with Gasteiger partial charge in [0.25, 0.3) is 5.91 Å². The van der Waals surface area contributed by atoms with E-state index in [1.807, 2.05) is 29.2 Å². The Bertz CT molecular complexity index is 414. The molecule has 2 rings (SSSR count). The second-order valence-corrected chi connectivity index (χ2v) is 5.47. The highest BCUT2D eigenvalue weighted by Crippen LogP contribution is 2.16. The third-order valence-electron chi connectivity index (χ3n) is 3.35. The Labute approximate surface area is 122 Å². The molecule has 1 saturated heterocycles. The molecule has 4 nitrogen and oxygen atoms in total. The lowest BCUT2D eigenvalue weighted by atomic mass is 10.3. The van der Waals surface area contributed by atoms with Crippen molar-refractivity contribution < 1.29 is 9.53 Å². The van der Waals surface area contributed by atoms with Gasteiger partial charge in [0.15, 0.2) is 6.61 Å². The van der Waals surface area contributed by atoms with Crippen molar-refractivity contribution in [1.29, 1.82) is 0 Å². The molecule has 0 aromatic heterocycles. The lowest BCUT2D eigenvalue weighted by molar-refractivity contribution is -0.135. The number of ether oxygens (including phenoxy) is 1. The maximum Gasteiger partial charge on any atom is 0.260 e. The van der Waals surface area contributed by atoms with Gasteiger partial charge in [-0.3, -0.25) is 4.79 Å². The molecule has 104 valence electrons. The largest absolute Gasteiger partial charge is 0.484 e. The van der Waals surface area contributed by atoms with Crippen LogP contribution < -0.4 is 4.74 Å². The van der Waals surface area contributed by atoms with Crippen LogP contribution in [0.5, 0.6) is 5.75 Å². The first-order chi connectivity index (χ1) is 9.19. The smallest absolute Gasteiger partial charge is 0.260 e. The summed E-state index contributed by atoms with van der Waals surface area (Å²) in [5.41, 5.74) is 0. The number of amides is 1. The average molecular weight is 327 g/mol. The molecule has 1 aromatic rings. The number of rotatable bonds is 4. The monoisotopic (exact) mass is 326 g/mol. The molecule has 0 saturated carbocycles. The number of carbonyl (C=O) groups is 1. The summed E-state index contributed by atoms with van der Waals surface area (Å²) in [5.74, 6) is 0.794. The van der Waals surface area contributed by atoms with Gasteiger partial charge >= 0.3 is 0 Å². The molecule has 0 bridgehead atoms. The maximum absolute atomic E-state index is 12.0. The third kappa shape index (κ3) is 4.21. The minimum absolute atomic E-state index is 0.0682. The molecular weight excluding hydrogens is 308 g/mol. The van der Waals surface area contributed by atoms with E-state index < -0.39 is 0 Å². The van der Waals surface area contributed by atoms with Gasteiger partial charge in [-0.25, -0.2) is 0 Å². The highest BCUT2D eigenvalue weighted by atomic mass is 79.9. The molecular formula is C14H19BrN2O2. The highest BCUT2D eigenvalue weighted by Gasteiger charge is 2.20. The summed E-state index contributed by atoms with van der Waals surface area (Å²) in [6, 6.07) is 7.51. The van der Waals surface area contributed by atoms with Gasteiger partial charge in [-0.2, -0.15) is 0 Å². The van der Waals surface area contributed by atoms with Crippen molar-refractivity contribution in [2.75, 3.05) is 39.3 Å². The number of halogens is 1. The zero-order chi connectivity index (χ0) is 13.7. The molecule has 0 N–H and O–H groups in total. The van der Waals surface area contributed by atoms with E-state index in [1.54, 1.807) is 0 Å². The first-order valence-corrected chi connectivity index (χ1v) is 7.37. The predicted molar refractivity (Wildman–Crippen MR) is 78.3 cm³/mol. The number of hydrogen-bond donors (Lipinski definition) is 0. The van der Waals surface area contributed by atoms with Gasteiger partial charge in [-0.05, 0) is 30.8 Å². The number of piperazine rings is 1. The lowest BCUT2D eigenvalue weighted by Crippen LogP contribution is -2.49. The Balaban J connectivity index is 1.77. The van der Waals surface area contributed by atoms with Crippen LogP contribution in [0, 0.1) is 0 Å². The summed E-state index contributed by atoms with van der Waals surface area (Å²) in [5, 5.41) is 0. The second-order valence-electron chi connectivity index (χ2n) is 4.56. The van der Waals surface area contributed by atoms with Crippen molar-refractivity contribution >= 4 is 21.8 Å². The Morgan fingerprint density at radius 2 is 1.84 bits per heavy atom. The molecule has 1 aromatic carbocycles. The molecule has 19 heavy (non-hydrogen) atoms. The van der Waals surface area contributed by atoms with Crippen LogP contribution in [-0.4, -0.2) is 55.0 Å². The van der Waals surface area contributed by atoms with Gasteiger partial charge in [0.1, 0.15) is 5.75 Å². The SMILES string of the molecule is CCN1CCN(C(=O)COc2ccc(Br)cc2)CC1. The number of carbonyl (C=O) groups excluding carboxylic acids is 1.